The molecule has 0 fully saturated rings. The minimum Gasteiger partial charge on any atom is -0.298 e. The molecule has 17 heavy (non-hydrogen) atoms. The van der Waals surface area contributed by atoms with E-state index in [-0.39, 0.29) is 11.2 Å². The van der Waals surface area contributed by atoms with Crippen molar-refractivity contribution in [3.8, 4) is 0 Å². The molecular weight excluding hydrogens is 235 g/mol. The van der Waals surface area contributed by atoms with Gasteiger partial charge in [0.1, 0.15) is 0 Å². The van der Waals surface area contributed by atoms with Crippen LogP contribution in [-0.4, -0.2) is 20.9 Å². The van der Waals surface area contributed by atoms with Crippen LogP contribution in [0.3, 0.4) is 0 Å². The van der Waals surface area contributed by atoms with Gasteiger partial charge in [0.15, 0.2) is 11.9 Å². The third-order valence-electron chi connectivity index (χ3n) is 2.30. The summed E-state index contributed by atoms with van der Waals surface area (Å²) in [5.41, 5.74) is 0.955. The first-order chi connectivity index (χ1) is 7.95. The van der Waals surface area contributed by atoms with E-state index in [1.807, 2.05) is 0 Å². The number of halogens is 3. The first-order valence-electron chi connectivity index (χ1n) is 4.87. The fourth-order valence-electron chi connectivity index (χ4n) is 1.52. The molecule has 2 heterocycles. The van der Waals surface area contributed by atoms with Gasteiger partial charge in [0.2, 0.25) is 0 Å². The zero-order valence-electron chi connectivity index (χ0n) is 8.82. The topological polar surface area (TPSA) is 47.3 Å². The van der Waals surface area contributed by atoms with Crippen LogP contribution in [0.4, 0.5) is 13.2 Å². The Morgan fingerprint density at radius 3 is 2.71 bits per heavy atom. The van der Waals surface area contributed by atoms with Crippen molar-refractivity contribution in [2.75, 3.05) is 0 Å². The largest absolute Gasteiger partial charge is 0.453 e. The van der Waals surface area contributed by atoms with Gasteiger partial charge in [-0.25, -0.2) is 9.50 Å². The Morgan fingerprint density at radius 1 is 1.47 bits per heavy atom. The van der Waals surface area contributed by atoms with Crippen LogP contribution in [0.15, 0.2) is 12.3 Å². The van der Waals surface area contributed by atoms with Crippen molar-refractivity contribution < 1.29 is 18.0 Å². The van der Waals surface area contributed by atoms with E-state index in [0.29, 0.717) is 18.3 Å². The lowest BCUT2D eigenvalue weighted by Gasteiger charge is -1.99. The number of carbonyl (C=O) groups excluding carboxylic acids is 1. The SMILES string of the molecule is CCc1cc(C=O)cn2nc(C(F)(F)F)nc12. The molecule has 0 aliphatic heterocycles. The second-order valence-electron chi connectivity index (χ2n) is 3.47. The fourth-order valence-corrected chi connectivity index (χ4v) is 1.52. The number of aryl methyl sites for hydroxylation is 1. The van der Waals surface area contributed by atoms with Gasteiger partial charge in [0.25, 0.3) is 5.82 Å². The van der Waals surface area contributed by atoms with E-state index < -0.39 is 12.0 Å². The summed E-state index contributed by atoms with van der Waals surface area (Å²) in [6.45, 7) is 1.77. The number of hydrogen-bond donors (Lipinski definition) is 0. The molecule has 0 bridgehead atoms. The molecule has 0 spiro atoms. The van der Waals surface area contributed by atoms with Crippen molar-refractivity contribution in [2.45, 2.75) is 19.5 Å². The van der Waals surface area contributed by atoms with Gasteiger partial charge in [-0.3, -0.25) is 4.79 Å². The fraction of sp³-hybridized carbons (Fsp3) is 0.300. The number of hydrogen-bond acceptors (Lipinski definition) is 3. The van der Waals surface area contributed by atoms with Crippen molar-refractivity contribution in [3.63, 3.8) is 0 Å². The van der Waals surface area contributed by atoms with Gasteiger partial charge in [-0.1, -0.05) is 6.92 Å². The predicted molar refractivity (Wildman–Crippen MR) is 52.8 cm³/mol. The molecule has 4 nitrogen and oxygen atoms in total. The molecule has 90 valence electrons. The first-order valence-corrected chi connectivity index (χ1v) is 4.87. The van der Waals surface area contributed by atoms with Crippen LogP contribution in [0.5, 0.6) is 0 Å². The summed E-state index contributed by atoms with van der Waals surface area (Å²) in [6.07, 6.45) is -2.32. The molecule has 0 radical (unpaired) electrons. The van der Waals surface area contributed by atoms with E-state index in [1.165, 1.54) is 12.3 Å². The lowest BCUT2D eigenvalue weighted by molar-refractivity contribution is -0.144. The van der Waals surface area contributed by atoms with Gasteiger partial charge in [-0.15, -0.1) is 5.10 Å². The van der Waals surface area contributed by atoms with E-state index in [9.17, 15) is 18.0 Å². The highest BCUT2D eigenvalue weighted by molar-refractivity contribution is 5.75. The molecule has 7 heteroatoms. The number of alkyl halides is 3. The van der Waals surface area contributed by atoms with Gasteiger partial charge in [-0.05, 0) is 18.1 Å². The van der Waals surface area contributed by atoms with Crippen LogP contribution >= 0.6 is 0 Å². The van der Waals surface area contributed by atoms with Gasteiger partial charge >= 0.3 is 6.18 Å². The quantitative estimate of drug-likeness (QED) is 0.759. The Balaban J connectivity index is 2.71. The Labute approximate surface area is 94.1 Å². The molecule has 0 saturated carbocycles. The van der Waals surface area contributed by atoms with Crippen LogP contribution in [0.25, 0.3) is 5.65 Å². The van der Waals surface area contributed by atoms with Gasteiger partial charge < -0.3 is 0 Å². The van der Waals surface area contributed by atoms with Crippen LogP contribution in [0, 0.1) is 0 Å². The number of carbonyl (C=O) groups is 1. The summed E-state index contributed by atoms with van der Waals surface area (Å²) in [4.78, 5) is 14.1. The number of aldehydes is 1. The average molecular weight is 243 g/mol. The molecule has 0 saturated heterocycles. The molecule has 0 unspecified atom stereocenters. The summed E-state index contributed by atoms with van der Waals surface area (Å²) in [7, 11) is 0. The third kappa shape index (κ3) is 2.00. The zero-order valence-corrected chi connectivity index (χ0v) is 8.82. The standard InChI is InChI=1S/C10H8F3N3O/c1-2-7-3-6(5-17)4-16-8(7)14-9(15-16)10(11,12)13/h3-5H,2H2,1H3. The minimum atomic E-state index is -4.58. The molecule has 2 aromatic rings. The van der Waals surface area contributed by atoms with Gasteiger partial charge in [0.05, 0.1) is 0 Å². The summed E-state index contributed by atoms with van der Waals surface area (Å²) in [6, 6.07) is 1.51. The van der Waals surface area contributed by atoms with E-state index in [0.717, 1.165) is 4.52 Å². The highest BCUT2D eigenvalue weighted by Gasteiger charge is 2.36. The van der Waals surface area contributed by atoms with Crippen LogP contribution < -0.4 is 0 Å². The van der Waals surface area contributed by atoms with Gasteiger partial charge in [-0.2, -0.15) is 13.2 Å². The molecule has 0 aliphatic rings. The lowest BCUT2D eigenvalue weighted by atomic mass is 10.1. The zero-order chi connectivity index (χ0) is 12.6. The van der Waals surface area contributed by atoms with Crippen molar-refractivity contribution >= 4 is 11.9 Å². The number of pyridine rings is 1. The van der Waals surface area contributed by atoms with Crippen LogP contribution in [-0.2, 0) is 12.6 Å². The van der Waals surface area contributed by atoms with Crippen molar-refractivity contribution in [1.29, 1.82) is 0 Å². The van der Waals surface area contributed by atoms with E-state index in [1.54, 1.807) is 6.92 Å². The summed E-state index contributed by atoms with van der Waals surface area (Å²) in [5, 5.41) is 3.32. The monoisotopic (exact) mass is 243 g/mol. The van der Waals surface area contributed by atoms with Crippen molar-refractivity contribution in [3.05, 3.63) is 29.2 Å². The number of nitrogens with zero attached hydrogens (tertiary/aromatic N) is 3. The average Bonchev–Trinajstić information content (AvgIpc) is 2.70. The Hall–Kier alpha value is -1.92. The molecule has 0 N–H and O–H groups in total. The molecule has 0 amide bonds. The lowest BCUT2D eigenvalue weighted by Crippen LogP contribution is -2.07. The van der Waals surface area contributed by atoms with Crippen LogP contribution in [0.2, 0.25) is 0 Å². The van der Waals surface area contributed by atoms with Crippen molar-refractivity contribution in [2.24, 2.45) is 0 Å². The normalized spacial score (nSPS) is 12.0. The second kappa shape index (κ2) is 3.83. The minimum absolute atomic E-state index is 0.130. The third-order valence-corrected chi connectivity index (χ3v) is 2.30. The maximum absolute atomic E-state index is 12.4. The maximum Gasteiger partial charge on any atom is 0.453 e. The highest BCUT2D eigenvalue weighted by Crippen LogP contribution is 2.27. The van der Waals surface area contributed by atoms with Gasteiger partial charge in [0, 0.05) is 11.8 Å². The van der Waals surface area contributed by atoms with E-state index >= 15 is 0 Å². The van der Waals surface area contributed by atoms with E-state index in [4.69, 9.17) is 0 Å². The molecule has 2 aromatic heterocycles. The van der Waals surface area contributed by atoms with Crippen molar-refractivity contribution in [1.82, 2.24) is 14.6 Å². The smallest absolute Gasteiger partial charge is 0.298 e. The van der Waals surface area contributed by atoms with Crippen LogP contribution in [0.1, 0.15) is 28.7 Å². The second-order valence-corrected chi connectivity index (χ2v) is 3.47. The van der Waals surface area contributed by atoms with E-state index in [2.05, 4.69) is 10.1 Å². The molecule has 2 rings (SSSR count). The summed E-state index contributed by atoms with van der Waals surface area (Å²) < 4.78 is 38.3. The highest BCUT2D eigenvalue weighted by atomic mass is 19.4. The Bertz CT molecular complexity index is 574. The maximum atomic E-state index is 12.4. The Kier molecular flexibility index (Phi) is 2.60. The molecule has 0 aliphatic carbocycles. The summed E-state index contributed by atoms with van der Waals surface area (Å²) in [5.74, 6) is -1.20. The number of aromatic nitrogens is 3. The predicted octanol–water partition coefficient (Wildman–Crippen LogP) is 2.12. The number of fused-ring (bicyclic) bond motifs is 1. The molecular formula is C10H8F3N3O. The summed E-state index contributed by atoms with van der Waals surface area (Å²) >= 11 is 0. The molecule has 0 atom stereocenters. The first kappa shape index (κ1) is 11.6. The number of rotatable bonds is 2. The molecule has 0 aromatic carbocycles. The Morgan fingerprint density at radius 2 is 2.18 bits per heavy atom.